The van der Waals surface area contributed by atoms with Crippen molar-refractivity contribution in [3.05, 3.63) is 0 Å². The second-order valence-corrected chi connectivity index (χ2v) is 5.24. The van der Waals surface area contributed by atoms with E-state index in [1.165, 1.54) is 12.8 Å². The third-order valence-electron chi connectivity index (χ3n) is 3.17. The minimum Gasteiger partial charge on any atom is -0.376 e. The van der Waals surface area contributed by atoms with Gasteiger partial charge in [0.1, 0.15) is 0 Å². The summed E-state index contributed by atoms with van der Waals surface area (Å²) in [5.74, 6) is -0.766. The fourth-order valence-electron chi connectivity index (χ4n) is 2.26. The van der Waals surface area contributed by atoms with E-state index in [-0.39, 0.29) is 0 Å². The summed E-state index contributed by atoms with van der Waals surface area (Å²) in [7, 11) is 0. The number of hydrogen-bond acceptors (Lipinski definition) is 4. The molecule has 2 aliphatic rings. The van der Waals surface area contributed by atoms with Crippen molar-refractivity contribution in [3.8, 4) is 0 Å². The predicted octanol–water partition coefficient (Wildman–Crippen LogP) is 2.45. The average molecular weight is 309 g/mol. The van der Waals surface area contributed by atoms with Gasteiger partial charge in [0, 0.05) is 11.8 Å². The molecule has 2 fully saturated rings. The maximum Gasteiger partial charge on any atom is 0.283 e. The Morgan fingerprint density at radius 3 is 2.41 bits per heavy atom. The van der Waals surface area contributed by atoms with Gasteiger partial charge in [-0.3, -0.25) is 0 Å². The Balaban J connectivity index is 1.77. The van der Waals surface area contributed by atoms with Crippen molar-refractivity contribution in [2.75, 3.05) is 31.8 Å². The molecule has 2 heterocycles. The molecule has 100 valence electrons. The van der Waals surface area contributed by atoms with Gasteiger partial charge in [0.15, 0.2) is 0 Å². The number of halogens is 1. The number of alkyl halides is 1. The minimum atomic E-state index is -0.766. The fourth-order valence-corrected chi connectivity index (χ4v) is 2.66. The molecule has 0 saturated carbocycles. The topological polar surface area (TPSA) is 36.9 Å². The van der Waals surface area contributed by atoms with Crippen molar-refractivity contribution in [2.24, 2.45) is 0 Å². The largest absolute Gasteiger partial charge is 0.376 e. The molecular formula is C12H21BrO4. The van der Waals surface area contributed by atoms with Gasteiger partial charge in [0.25, 0.3) is 5.97 Å². The number of hydrogen-bond donors (Lipinski definition) is 0. The number of ether oxygens (including phenoxy) is 4. The van der Waals surface area contributed by atoms with Crippen LogP contribution < -0.4 is 0 Å². The van der Waals surface area contributed by atoms with Gasteiger partial charge in [-0.2, -0.15) is 0 Å². The lowest BCUT2D eigenvalue weighted by atomic mass is 10.1. The Hall–Kier alpha value is 0.320. The summed E-state index contributed by atoms with van der Waals surface area (Å²) in [5.41, 5.74) is 0. The van der Waals surface area contributed by atoms with Crippen molar-refractivity contribution < 1.29 is 18.9 Å². The maximum atomic E-state index is 5.78. The second kappa shape index (κ2) is 7.04. The molecule has 4 nitrogen and oxygen atoms in total. The maximum absolute atomic E-state index is 5.78. The van der Waals surface area contributed by atoms with Gasteiger partial charge >= 0.3 is 0 Å². The molecule has 0 N–H and O–H groups in total. The first-order chi connectivity index (χ1) is 8.35. The summed E-state index contributed by atoms with van der Waals surface area (Å²) in [6.45, 7) is 2.45. The average Bonchev–Trinajstić information content (AvgIpc) is 2.78. The van der Waals surface area contributed by atoms with E-state index in [9.17, 15) is 0 Å². The molecule has 0 aromatic heterocycles. The first kappa shape index (κ1) is 13.7. The normalized spacial score (nSPS) is 29.1. The molecule has 0 aliphatic carbocycles. The summed E-state index contributed by atoms with van der Waals surface area (Å²) >= 11 is 3.45. The van der Waals surface area contributed by atoms with Crippen LogP contribution in [-0.4, -0.2) is 43.8 Å². The number of unbranched alkanes of at least 4 members (excludes halogenated alkanes) is 1. The van der Waals surface area contributed by atoms with Crippen molar-refractivity contribution in [2.45, 2.75) is 44.2 Å². The Morgan fingerprint density at radius 1 is 1.00 bits per heavy atom. The van der Waals surface area contributed by atoms with Gasteiger partial charge in [0.05, 0.1) is 32.5 Å². The highest BCUT2D eigenvalue weighted by Gasteiger charge is 2.39. The van der Waals surface area contributed by atoms with Crippen LogP contribution in [0.2, 0.25) is 0 Å². The van der Waals surface area contributed by atoms with Crippen LogP contribution in [0.5, 0.6) is 0 Å². The molecule has 2 rings (SSSR count). The van der Waals surface area contributed by atoms with Crippen LogP contribution in [0, 0.1) is 0 Å². The molecule has 2 aliphatic heterocycles. The molecule has 2 saturated heterocycles. The Labute approximate surface area is 111 Å². The van der Waals surface area contributed by atoms with E-state index < -0.39 is 5.97 Å². The smallest absolute Gasteiger partial charge is 0.283 e. The first-order valence-corrected chi connectivity index (χ1v) is 7.56. The zero-order chi connectivity index (χ0) is 12.0. The molecule has 0 radical (unpaired) electrons. The van der Waals surface area contributed by atoms with Crippen LogP contribution in [0.25, 0.3) is 0 Å². The number of rotatable bonds is 4. The molecule has 0 amide bonds. The fraction of sp³-hybridized carbons (Fsp3) is 1.00. The predicted molar refractivity (Wildman–Crippen MR) is 67.2 cm³/mol. The van der Waals surface area contributed by atoms with Crippen LogP contribution in [0.4, 0.5) is 0 Å². The Bertz CT molecular complexity index is 219. The van der Waals surface area contributed by atoms with Gasteiger partial charge in [-0.15, -0.1) is 0 Å². The van der Waals surface area contributed by atoms with E-state index in [0.29, 0.717) is 32.5 Å². The quantitative estimate of drug-likeness (QED) is 0.590. The van der Waals surface area contributed by atoms with Gasteiger partial charge in [-0.25, -0.2) is 0 Å². The van der Waals surface area contributed by atoms with E-state index >= 15 is 0 Å². The van der Waals surface area contributed by atoms with Crippen molar-refractivity contribution in [3.63, 3.8) is 0 Å². The van der Waals surface area contributed by atoms with Crippen molar-refractivity contribution >= 4 is 15.9 Å². The Kier molecular flexibility index (Phi) is 5.69. The molecule has 0 bridgehead atoms. The molecule has 0 aromatic rings. The van der Waals surface area contributed by atoms with Crippen LogP contribution in [0.3, 0.4) is 0 Å². The molecule has 17 heavy (non-hydrogen) atoms. The summed E-state index contributed by atoms with van der Waals surface area (Å²) in [6, 6.07) is 0. The van der Waals surface area contributed by atoms with Gasteiger partial charge in [0.2, 0.25) is 0 Å². The molecule has 1 spiro atoms. The molecule has 0 aromatic carbocycles. The lowest BCUT2D eigenvalue weighted by Gasteiger charge is -2.31. The summed E-state index contributed by atoms with van der Waals surface area (Å²) in [6.07, 6.45) is 5.55. The van der Waals surface area contributed by atoms with Gasteiger partial charge < -0.3 is 18.9 Å². The lowest BCUT2D eigenvalue weighted by Crippen LogP contribution is -2.38. The summed E-state index contributed by atoms with van der Waals surface area (Å²) in [5, 5.41) is 1.07. The summed E-state index contributed by atoms with van der Waals surface area (Å²) < 4.78 is 22.6. The van der Waals surface area contributed by atoms with Crippen molar-refractivity contribution in [1.82, 2.24) is 0 Å². The zero-order valence-electron chi connectivity index (χ0n) is 10.2. The first-order valence-electron chi connectivity index (χ1n) is 6.44. The molecular weight excluding hydrogens is 288 g/mol. The second-order valence-electron chi connectivity index (χ2n) is 4.44. The van der Waals surface area contributed by atoms with Crippen LogP contribution in [-0.2, 0) is 18.9 Å². The van der Waals surface area contributed by atoms with E-state index in [1.807, 2.05) is 0 Å². The van der Waals surface area contributed by atoms with Crippen LogP contribution in [0.15, 0.2) is 0 Å². The molecule has 1 atom stereocenters. The zero-order valence-corrected chi connectivity index (χ0v) is 11.7. The van der Waals surface area contributed by atoms with E-state index in [0.717, 1.165) is 24.6 Å². The standard InChI is InChI=1S/C12H21BrO4/c13-6-2-1-3-11-4-5-12(15-8-7-14-11)16-9-10-17-12/h11H,1-10H2. The minimum absolute atomic E-state index is 0.322. The summed E-state index contributed by atoms with van der Waals surface area (Å²) in [4.78, 5) is 0. The third-order valence-corrected chi connectivity index (χ3v) is 3.73. The monoisotopic (exact) mass is 308 g/mol. The lowest BCUT2D eigenvalue weighted by molar-refractivity contribution is -0.344. The van der Waals surface area contributed by atoms with Crippen LogP contribution >= 0.6 is 15.9 Å². The highest BCUT2D eigenvalue weighted by Crippen LogP contribution is 2.29. The van der Waals surface area contributed by atoms with Crippen molar-refractivity contribution in [1.29, 1.82) is 0 Å². The van der Waals surface area contributed by atoms with Crippen LogP contribution in [0.1, 0.15) is 32.1 Å². The highest BCUT2D eigenvalue weighted by atomic mass is 79.9. The molecule has 1 unspecified atom stereocenters. The van der Waals surface area contributed by atoms with Gasteiger partial charge in [-0.05, 0) is 19.3 Å². The Morgan fingerprint density at radius 2 is 1.71 bits per heavy atom. The highest BCUT2D eigenvalue weighted by molar-refractivity contribution is 9.09. The van der Waals surface area contributed by atoms with E-state index in [1.54, 1.807) is 0 Å². The van der Waals surface area contributed by atoms with E-state index in [4.69, 9.17) is 18.9 Å². The van der Waals surface area contributed by atoms with Gasteiger partial charge in [-0.1, -0.05) is 22.4 Å². The molecule has 5 heteroatoms. The van der Waals surface area contributed by atoms with E-state index in [2.05, 4.69) is 15.9 Å². The third kappa shape index (κ3) is 4.17. The SMILES string of the molecule is BrCCCCC1CCC2(OCCO1)OCCO2.